The first-order valence-electron chi connectivity index (χ1n) is 7.88. The molecule has 24 heavy (non-hydrogen) atoms. The lowest BCUT2D eigenvalue weighted by Gasteiger charge is -2.35. The van der Waals surface area contributed by atoms with Crippen LogP contribution in [0.1, 0.15) is 30.6 Å². The molecule has 2 rings (SSSR count). The van der Waals surface area contributed by atoms with Gasteiger partial charge in [-0.2, -0.15) is 0 Å². The van der Waals surface area contributed by atoms with Gasteiger partial charge in [0.1, 0.15) is 0 Å². The maximum atomic E-state index is 12.5. The second kappa shape index (κ2) is 7.31. The number of nitrogens with one attached hydrogen (secondary N) is 1. The molecule has 1 saturated heterocycles. The molecule has 0 aromatic heterocycles. The third-order valence-electron chi connectivity index (χ3n) is 4.26. The molecule has 0 saturated carbocycles. The first kappa shape index (κ1) is 18.4. The third kappa shape index (κ3) is 3.93. The summed E-state index contributed by atoms with van der Waals surface area (Å²) in [6.07, 6.45) is 0.426. The first-order chi connectivity index (χ1) is 11.3. The predicted octanol–water partition coefficient (Wildman–Crippen LogP) is 1.17. The van der Waals surface area contributed by atoms with E-state index in [0.717, 1.165) is 0 Å². The lowest BCUT2D eigenvalue weighted by atomic mass is 9.87. The molecule has 2 N–H and O–H groups in total. The van der Waals surface area contributed by atoms with Gasteiger partial charge in [-0.15, -0.1) is 0 Å². The maximum absolute atomic E-state index is 12.5. The van der Waals surface area contributed by atoms with Crippen molar-refractivity contribution >= 4 is 21.9 Å². The number of carboxylic acids is 1. The van der Waals surface area contributed by atoms with Crippen LogP contribution in [0.5, 0.6) is 0 Å². The van der Waals surface area contributed by atoms with Crippen molar-refractivity contribution in [3.8, 4) is 0 Å². The summed E-state index contributed by atoms with van der Waals surface area (Å²) in [5, 5.41) is 9.13. The molecule has 1 fully saturated rings. The molecular weight excluding hydrogens is 332 g/mol. The van der Waals surface area contributed by atoms with Crippen LogP contribution in [-0.2, 0) is 14.8 Å². The zero-order valence-corrected chi connectivity index (χ0v) is 14.5. The minimum absolute atomic E-state index is 0.110. The lowest BCUT2D eigenvalue weighted by molar-refractivity contribution is -0.145. The number of likely N-dealkylation sites (tertiary alicyclic amines) is 1. The topological polar surface area (TPSA) is 104 Å². The Morgan fingerprint density at radius 3 is 2.42 bits per heavy atom. The molecule has 1 aromatic carbocycles. The molecule has 2 atom stereocenters. The summed E-state index contributed by atoms with van der Waals surface area (Å²) in [5.41, 5.74) is 0.395. The molecule has 132 valence electrons. The highest BCUT2D eigenvalue weighted by atomic mass is 32.2. The summed E-state index contributed by atoms with van der Waals surface area (Å²) in [6.45, 7) is 4.58. The molecule has 7 nitrogen and oxygen atoms in total. The number of carbonyl (C=O) groups excluding carboxylic acids is 1. The fourth-order valence-corrected chi connectivity index (χ4v) is 3.97. The Bertz CT molecular complexity index is 714. The quantitative estimate of drug-likeness (QED) is 0.826. The van der Waals surface area contributed by atoms with Crippen molar-refractivity contribution in [3.63, 3.8) is 0 Å². The summed E-state index contributed by atoms with van der Waals surface area (Å²) < 4.78 is 26.2. The van der Waals surface area contributed by atoms with Crippen LogP contribution < -0.4 is 4.72 Å². The van der Waals surface area contributed by atoms with Crippen LogP contribution in [0.2, 0.25) is 0 Å². The van der Waals surface area contributed by atoms with Crippen molar-refractivity contribution in [2.75, 3.05) is 19.6 Å². The van der Waals surface area contributed by atoms with E-state index in [-0.39, 0.29) is 16.7 Å². The molecule has 1 aliphatic rings. The Kier molecular flexibility index (Phi) is 5.61. The molecule has 1 heterocycles. The van der Waals surface area contributed by atoms with Gasteiger partial charge in [-0.25, -0.2) is 13.1 Å². The minimum atomic E-state index is -3.54. The number of sulfonamides is 1. The van der Waals surface area contributed by atoms with Gasteiger partial charge < -0.3 is 10.0 Å². The number of benzene rings is 1. The monoisotopic (exact) mass is 354 g/mol. The van der Waals surface area contributed by atoms with Crippen LogP contribution in [0.4, 0.5) is 0 Å². The zero-order chi connectivity index (χ0) is 17.9. The van der Waals surface area contributed by atoms with Gasteiger partial charge in [0.15, 0.2) is 0 Å². The van der Waals surface area contributed by atoms with Crippen LogP contribution in [0, 0.1) is 11.8 Å². The summed E-state index contributed by atoms with van der Waals surface area (Å²) in [5.74, 6) is -1.58. The first-order valence-corrected chi connectivity index (χ1v) is 9.36. The molecule has 1 aliphatic heterocycles. The molecule has 0 bridgehead atoms. The summed E-state index contributed by atoms with van der Waals surface area (Å²) in [6, 6.07) is 5.78. The van der Waals surface area contributed by atoms with Crippen molar-refractivity contribution in [3.05, 3.63) is 29.8 Å². The van der Waals surface area contributed by atoms with E-state index in [1.807, 2.05) is 6.92 Å². The molecule has 2 unspecified atom stereocenters. The summed E-state index contributed by atoms with van der Waals surface area (Å²) in [7, 11) is -3.54. The number of rotatable bonds is 5. The minimum Gasteiger partial charge on any atom is -0.481 e. The van der Waals surface area contributed by atoms with Gasteiger partial charge in [-0.05, 0) is 36.6 Å². The Morgan fingerprint density at radius 2 is 1.92 bits per heavy atom. The Balaban J connectivity index is 2.10. The van der Waals surface area contributed by atoms with Crippen molar-refractivity contribution < 1.29 is 23.1 Å². The molecule has 0 radical (unpaired) electrons. The Labute approximate surface area is 141 Å². The summed E-state index contributed by atoms with van der Waals surface area (Å²) >= 11 is 0. The number of carboxylic acid groups (broad SMARTS) is 1. The van der Waals surface area contributed by atoms with E-state index in [2.05, 4.69) is 4.72 Å². The third-order valence-corrected chi connectivity index (χ3v) is 5.82. The van der Waals surface area contributed by atoms with Crippen molar-refractivity contribution in [1.29, 1.82) is 0 Å². The van der Waals surface area contributed by atoms with E-state index in [1.165, 1.54) is 24.3 Å². The SMILES string of the molecule is CCNS(=O)(=O)c1ccc(C(=O)N2CCC(C(=O)O)C(C)C2)cc1. The highest BCUT2D eigenvalue weighted by Crippen LogP contribution is 2.25. The number of aliphatic carboxylic acids is 1. The predicted molar refractivity (Wildman–Crippen MR) is 88.1 cm³/mol. The van der Waals surface area contributed by atoms with E-state index >= 15 is 0 Å². The van der Waals surface area contributed by atoms with E-state index in [1.54, 1.807) is 11.8 Å². The van der Waals surface area contributed by atoms with E-state index in [9.17, 15) is 18.0 Å². The van der Waals surface area contributed by atoms with Crippen molar-refractivity contribution in [2.24, 2.45) is 11.8 Å². The van der Waals surface area contributed by atoms with E-state index in [0.29, 0.717) is 31.6 Å². The van der Waals surface area contributed by atoms with Crippen LogP contribution in [0.15, 0.2) is 29.2 Å². The van der Waals surface area contributed by atoms with E-state index < -0.39 is 21.9 Å². The average molecular weight is 354 g/mol. The molecule has 0 aliphatic carbocycles. The fourth-order valence-electron chi connectivity index (χ4n) is 2.93. The lowest BCUT2D eigenvalue weighted by Crippen LogP contribution is -2.45. The second-order valence-corrected chi connectivity index (χ2v) is 7.75. The molecular formula is C16H22N2O5S. The van der Waals surface area contributed by atoms with Crippen LogP contribution in [0.3, 0.4) is 0 Å². The van der Waals surface area contributed by atoms with E-state index in [4.69, 9.17) is 5.11 Å². The van der Waals surface area contributed by atoms with Crippen LogP contribution in [0.25, 0.3) is 0 Å². The van der Waals surface area contributed by atoms with Crippen molar-refractivity contribution in [2.45, 2.75) is 25.2 Å². The highest BCUT2D eigenvalue weighted by molar-refractivity contribution is 7.89. The van der Waals surface area contributed by atoms with Gasteiger partial charge in [-0.3, -0.25) is 9.59 Å². The average Bonchev–Trinajstić information content (AvgIpc) is 2.53. The standard InChI is InChI=1S/C16H22N2O5S/c1-3-17-24(22,23)13-6-4-12(5-7-13)15(19)18-9-8-14(16(20)21)11(2)10-18/h4-7,11,14,17H,3,8-10H2,1-2H3,(H,20,21). The number of hydrogen-bond donors (Lipinski definition) is 2. The smallest absolute Gasteiger partial charge is 0.306 e. The normalized spacial score (nSPS) is 21.5. The number of hydrogen-bond acceptors (Lipinski definition) is 4. The molecule has 1 aromatic rings. The largest absolute Gasteiger partial charge is 0.481 e. The molecule has 1 amide bonds. The highest BCUT2D eigenvalue weighted by Gasteiger charge is 2.33. The van der Waals surface area contributed by atoms with Crippen molar-refractivity contribution in [1.82, 2.24) is 9.62 Å². The van der Waals surface area contributed by atoms with Gasteiger partial charge in [0.05, 0.1) is 10.8 Å². The zero-order valence-electron chi connectivity index (χ0n) is 13.7. The van der Waals surface area contributed by atoms with Crippen LogP contribution >= 0.6 is 0 Å². The second-order valence-electron chi connectivity index (χ2n) is 5.99. The molecule has 0 spiro atoms. The molecule has 8 heteroatoms. The number of piperidine rings is 1. The van der Waals surface area contributed by atoms with Gasteiger partial charge in [0.2, 0.25) is 10.0 Å². The number of nitrogens with zero attached hydrogens (tertiary/aromatic N) is 1. The maximum Gasteiger partial charge on any atom is 0.306 e. The number of carbonyl (C=O) groups is 2. The van der Waals surface area contributed by atoms with Gasteiger partial charge in [-0.1, -0.05) is 13.8 Å². The summed E-state index contributed by atoms with van der Waals surface area (Å²) in [4.78, 5) is 25.4. The van der Waals surface area contributed by atoms with Gasteiger partial charge >= 0.3 is 5.97 Å². The number of amides is 1. The Hall–Kier alpha value is -1.93. The van der Waals surface area contributed by atoms with Gasteiger partial charge in [0, 0.05) is 25.2 Å². The van der Waals surface area contributed by atoms with Crippen LogP contribution in [-0.4, -0.2) is 49.9 Å². The van der Waals surface area contributed by atoms with Gasteiger partial charge in [0.25, 0.3) is 5.91 Å². The Morgan fingerprint density at radius 1 is 1.29 bits per heavy atom. The fraction of sp³-hybridized carbons (Fsp3) is 0.500.